The minimum atomic E-state index is 0.236. The highest BCUT2D eigenvalue weighted by Crippen LogP contribution is 2.24. The maximum absolute atomic E-state index is 9.22. The Bertz CT molecular complexity index is 502. The first-order valence-corrected chi connectivity index (χ1v) is 5.54. The Morgan fingerprint density at radius 1 is 1.31 bits per heavy atom. The van der Waals surface area contributed by atoms with Gasteiger partial charge in [0, 0.05) is 5.56 Å². The average Bonchev–Trinajstić information content (AvgIpc) is 2.57. The molecule has 0 fully saturated rings. The standard InChI is InChI=1S/C12H13ClN2O/c1-3-11-8(2)12(13)15(14-11)9-4-6-10(16)7-5-9/h4-7,16H,3H2,1-2H3. The molecule has 2 rings (SSSR count). The molecule has 3 nitrogen and oxygen atoms in total. The molecule has 1 heterocycles. The van der Waals surface area contributed by atoms with Crippen LogP contribution >= 0.6 is 11.6 Å². The molecule has 0 saturated carbocycles. The molecule has 0 atom stereocenters. The van der Waals surface area contributed by atoms with Crippen molar-refractivity contribution in [2.75, 3.05) is 0 Å². The third-order valence-corrected chi connectivity index (χ3v) is 3.02. The Hall–Kier alpha value is -1.48. The van der Waals surface area contributed by atoms with Gasteiger partial charge in [-0.1, -0.05) is 18.5 Å². The zero-order chi connectivity index (χ0) is 11.7. The van der Waals surface area contributed by atoms with E-state index in [1.165, 1.54) is 0 Å². The molecular weight excluding hydrogens is 224 g/mol. The summed E-state index contributed by atoms with van der Waals surface area (Å²) in [6, 6.07) is 6.81. The summed E-state index contributed by atoms with van der Waals surface area (Å²) < 4.78 is 1.69. The van der Waals surface area contributed by atoms with Crippen LogP contribution in [0, 0.1) is 6.92 Å². The van der Waals surface area contributed by atoms with Crippen molar-refractivity contribution in [1.82, 2.24) is 9.78 Å². The molecule has 0 amide bonds. The average molecular weight is 237 g/mol. The Kier molecular flexibility index (Phi) is 2.88. The lowest BCUT2D eigenvalue weighted by Crippen LogP contribution is -1.96. The number of aryl methyl sites for hydroxylation is 1. The maximum Gasteiger partial charge on any atom is 0.136 e. The summed E-state index contributed by atoms with van der Waals surface area (Å²) in [6.45, 7) is 4.01. The topological polar surface area (TPSA) is 38.0 Å². The third kappa shape index (κ3) is 1.78. The van der Waals surface area contributed by atoms with Crippen molar-refractivity contribution < 1.29 is 5.11 Å². The minimum absolute atomic E-state index is 0.236. The molecule has 84 valence electrons. The zero-order valence-corrected chi connectivity index (χ0v) is 9.99. The molecule has 0 spiro atoms. The molecule has 0 aliphatic heterocycles. The van der Waals surface area contributed by atoms with Crippen LogP contribution < -0.4 is 0 Å². The van der Waals surface area contributed by atoms with Crippen molar-refractivity contribution in [3.8, 4) is 11.4 Å². The zero-order valence-electron chi connectivity index (χ0n) is 9.24. The lowest BCUT2D eigenvalue weighted by atomic mass is 10.2. The molecule has 0 radical (unpaired) electrons. The lowest BCUT2D eigenvalue weighted by molar-refractivity contribution is 0.475. The van der Waals surface area contributed by atoms with Crippen LogP contribution in [-0.4, -0.2) is 14.9 Å². The van der Waals surface area contributed by atoms with Crippen molar-refractivity contribution in [3.63, 3.8) is 0 Å². The van der Waals surface area contributed by atoms with Gasteiger partial charge < -0.3 is 5.11 Å². The number of phenolic OH excluding ortho intramolecular Hbond substituents is 1. The first-order chi connectivity index (χ1) is 7.63. The molecule has 1 N–H and O–H groups in total. The predicted molar refractivity (Wildman–Crippen MR) is 64.4 cm³/mol. The van der Waals surface area contributed by atoms with Crippen LogP contribution in [0.4, 0.5) is 0 Å². The Balaban J connectivity index is 2.52. The van der Waals surface area contributed by atoms with Gasteiger partial charge in [0.05, 0.1) is 11.4 Å². The second-order valence-corrected chi connectivity index (χ2v) is 4.00. The SMILES string of the molecule is CCc1nn(-c2ccc(O)cc2)c(Cl)c1C. The number of halogens is 1. The highest BCUT2D eigenvalue weighted by atomic mass is 35.5. The molecule has 4 heteroatoms. The van der Waals surface area contributed by atoms with Gasteiger partial charge in [0.15, 0.2) is 0 Å². The fourth-order valence-corrected chi connectivity index (χ4v) is 1.86. The van der Waals surface area contributed by atoms with E-state index < -0.39 is 0 Å². The predicted octanol–water partition coefficient (Wildman–Crippen LogP) is 3.10. The second-order valence-electron chi connectivity index (χ2n) is 3.64. The number of phenols is 1. The molecular formula is C12H13ClN2O. The largest absolute Gasteiger partial charge is 0.508 e. The van der Waals surface area contributed by atoms with E-state index in [-0.39, 0.29) is 5.75 Å². The summed E-state index contributed by atoms with van der Waals surface area (Å²) >= 11 is 6.20. The van der Waals surface area contributed by atoms with Gasteiger partial charge in [0.2, 0.25) is 0 Å². The minimum Gasteiger partial charge on any atom is -0.508 e. The van der Waals surface area contributed by atoms with E-state index in [4.69, 9.17) is 11.6 Å². The fourth-order valence-electron chi connectivity index (χ4n) is 1.62. The van der Waals surface area contributed by atoms with E-state index in [2.05, 4.69) is 5.10 Å². The van der Waals surface area contributed by atoms with Gasteiger partial charge in [0.1, 0.15) is 10.9 Å². The van der Waals surface area contributed by atoms with Gasteiger partial charge in [0.25, 0.3) is 0 Å². The number of hydrogen-bond donors (Lipinski definition) is 1. The van der Waals surface area contributed by atoms with Gasteiger partial charge >= 0.3 is 0 Å². The first-order valence-electron chi connectivity index (χ1n) is 5.17. The van der Waals surface area contributed by atoms with Crippen LogP contribution in [-0.2, 0) is 6.42 Å². The van der Waals surface area contributed by atoms with Gasteiger partial charge in [-0.2, -0.15) is 5.10 Å². The quantitative estimate of drug-likeness (QED) is 0.870. The number of benzene rings is 1. The van der Waals surface area contributed by atoms with E-state index in [1.807, 2.05) is 13.8 Å². The lowest BCUT2D eigenvalue weighted by Gasteiger charge is -2.02. The number of aromatic nitrogens is 2. The van der Waals surface area contributed by atoms with Crippen molar-refractivity contribution in [3.05, 3.63) is 40.7 Å². The number of nitrogens with zero attached hydrogens (tertiary/aromatic N) is 2. The second kappa shape index (κ2) is 4.18. The van der Waals surface area contributed by atoms with Crippen molar-refractivity contribution in [1.29, 1.82) is 0 Å². The van der Waals surface area contributed by atoms with Crippen molar-refractivity contribution in [2.24, 2.45) is 0 Å². The Labute approximate surface area is 99.3 Å². The Morgan fingerprint density at radius 2 is 1.94 bits per heavy atom. The summed E-state index contributed by atoms with van der Waals surface area (Å²) in [4.78, 5) is 0. The highest BCUT2D eigenvalue weighted by molar-refractivity contribution is 6.30. The van der Waals surface area contributed by atoms with E-state index >= 15 is 0 Å². The summed E-state index contributed by atoms with van der Waals surface area (Å²) in [6.07, 6.45) is 0.858. The van der Waals surface area contributed by atoms with E-state index in [9.17, 15) is 5.11 Å². The first kappa shape index (κ1) is 11.0. The molecule has 0 unspecified atom stereocenters. The molecule has 16 heavy (non-hydrogen) atoms. The highest BCUT2D eigenvalue weighted by Gasteiger charge is 2.12. The summed E-state index contributed by atoms with van der Waals surface area (Å²) in [5.74, 6) is 0.236. The van der Waals surface area contributed by atoms with Crippen LogP contribution in [0.3, 0.4) is 0 Å². The van der Waals surface area contributed by atoms with Crippen molar-refractivity contribution >= 4 is 11.6 Å². The molecule has 1 aromatic heterocycles. The molecule has 0 bridgehead atoms. The van der Waals surface area contributed by atoms with E-state index in [0.717, 1.165) is 23.4 Å². The van der Waals surface area contributed by atoms with Gasteiger partial charge in [-0.25, -0.2) is 4.68 Å². The maximum atomic E-state index is 9.22. The molecule has 1 aromatic carbocycles. The number of rotatable bonds is 2. The van der Waals surface area contributed by atoms with Crippen LogP contribution in [0.25, 0.3) is 5.69 Å². The van der Waals surface area contributed by atoms with E-state index in [0.29, 0.717) is 5.15 Å². The molecule has 0 saturated heterocycles. The molecule has 0 aliphatic rings. The van der Waals surface area contributed by atoms with Crippen molar-refractivity contribution in [2.45, 2.75) is 20.3 Å². The van der Waals surface area contributed by atoms with Crippen LogP contribution in [0.15, 0.2) is 24.3 Å². The van der Waals surface area contributed by atoms with Crippen LogP contribution in [0.2, 0.25) is 5.15 Å². The normalized spacial score (nSPS) is 10.7. The number of hydrogen-bond acceptors (Lipinski definition) is 2. The summed E-state index contributed by atoms with van der Waals surface area (Å²) in [5.41, 5.74) is 2.86. The van der Waals surface area contributed by atoms with E-state index in [1.54, 1.807) is 28.9 Å². The monoisotopic (exact) mass is 236 g/mol. The van der Waals surface area contributed by atoms with Crippen LogP contribution in [0.5, 0.6) is 5.75 Å². The van der Waals surface area contributed by atoms with Gasteiger partial charge in [-0.15, -0.1) is 0 Å². The molecule has 2 aromatic rings. The number of aromatic hydroxyl groups is 1. The molecule has 0 aliphatic carbocycles. The Morgan fingerprint density at radius 3 is 2.44 bits per heavy atom. The smallest absolute Gasteiger partial charge is 0.136 e. The van der Waals surface area contributed by atoms with Gasteiger partial charge in [-0.05, 0) is 37.6 Å². The van der Waals surface area contributed by atoms with Crippen LogP contribution in [0.1, 0.15) is 18.2 Å². The third-order valence-electron chi connectivity index (χ3n) is 2.58. The summed E-state index contributed by atoms with van der Waals surface area (Å²) in [5, 5.41) is 14.3. The summed E-state index contributed by atoms with van der Waals surface area (Å²) in [7, 11) is 0. The van der Waals surface area contributed by atoms with Gasteiger partial charge in [-0.3, -0.25) is 0 Å². The fraction of sp³-hybridized carbons (Fsp3) is 0.250.